The largest absolute Gasteiger partial charge is 0.489 e. The number of carbonyl (C=O) groups excluding carboxylic acids is 7. The number of ketones is 1. The minimum absolute atomic E-state index is 0.109. The standard InChI is InChI=1S/C30H26Cl3FN2O4.C29H24Cl3FN2O4.C19H12BrCl3FNO2.C13H9Cl3FNO.C11H13NO2.3CO2/c1-15-7-20(29(38-2)35-13-15)17-11-30(37,12-17)22-6-5-19(10-23(22)31)39-14-21-27(36-40-28(21)16-3-4-16)26-24(32)8-18(34)9-25(26)33;1-37-28-19(3-2-8-34-28)16-12-29(36,13-16)21-7-6-18(11-22(21)30)38-14-20-26(35-39-27(20)15-4-5-15)25-23(31)9-17(33)10-24(25)32;20-13-4-3-11(7-14(13)21)26-8-12-18(25-27-19(12)9-1-2-9)17-15(22)5-10(24)6-16(17)23;14-5-8-12(18-19-13(8)6-1-2-6)11-9(15)3-7(17)4-10(11)16;1-7-3-10(8-4-9(13)5-8)11(14-2)12-6-7;3*2-1-3/h5-10,13,16-17,37H,3-4,11-12,14H2,1-2H3;2-3,6-11,15-16,36H,4-5,12-14H2,1H3;3-7,9H,1-2,8H2;3-4,6H,1-2,5H2;3,6,8H,4-5H2,1-2H3;;;. The summed E-state index contributed by atoms with van der Waals surface area (Å²) in [5.41, 5.74) is 10.8. The van der Waals surface area contributed by atoms with Crippen molar-refractivity contribution in [3.05, 3.63) is 313 Å². The van der Waals surface area contributed by atoms with E-state index in [9.17, 15) is 32.6 Å². The number of halogens is 17. The monoisotopic (exact) mass is 2320 g/mol. The number of aryl methyl sites for hydroxylation is 2. The fourth-order valence-corrected chi connectivity index (χ4v) is 21.3. The van der Waals surface area contributed by atoms with Crippen LogP contribution in [0.1, 0.15) is 216 Å². The smallest absolute Gasteiger partial charge is 0.373 e. The zero-order valence-corrected chi connectivity index (χ0v) is 89.2. The number of hydrogen-bond donors (Lipinski definition) is 2. The molecule has 26 nitrogen and oxygen atoms in total. The summed E-state index contributed by atoms with van der Waals surface area (Å²) in [6.07, 6.45) is 17.4. The normalized spacial score (nSPS) is 17.1. The van der Waals surface area contributed by atoms with Crippen molar-refractivity contribution in [2.75, 3.05) is 21.3 Å². The lowest BCUT2D eigenvalue weighted by atomic mass is 9.65. The van der Waals surface area contributed by atoms with Gasteiger partial charge >= 0.3 is 18.5 Å². The number of ether oxygens (including phenoxy) is 6. The highest BCUT2D eigenvalue weighted by Gasteiger charge is 2.49. The lowest BCUT2D eigenvalue weighted by molar-refractivity contribution is -0.193. The van der Waals surface area contributed by atoms with Gasteiger partial charge in [-0.2, -0.15) is 28.8 Å². The topological polar surface area (TPSA) is 358 Å². The van der Waals surface area contributed by atoms with Crippen LogP contribution in [0.3, 0.4) is 0 Å². The number of aromatic nitrogens is 7. The van der Waals surface area contributed by atoms with Crippen molar-refractivity contribution in [1.82, 2.24) is 35.6 Å². The second kappa shape index (κ2) is 50.3. The van der Waals surface area contributed by atoms with Crippen LogP contribution in [-0.4, -0.2) is 91.4 Å². The molecule has 7 aliphatic carbocycles. The minimum atomic E-state index is -1.06. The zero-order valence-electron chi connectivity index (χ0n) is 78.5. The number of carbonyl (C=O) groups is 1. The lowest BCUT2D eigenvalue weighted by Gasteiger charge is -2.44. The average Bonchev–Trinajstić information content (AvgIpc) is 1.22. The van der Waals surface area contributed by atoms with E-state index in [2.05, 4.69) is 63.6 Å². The van der Waals surface area contributed by atoms with E-state index in [1.54, 1.807) is 88.5 Å². The zero-order chi connectivity index (χ0) is 106. The molecule has 43 heteroatoms. The molecule has 0 unspecified atom stereocenters. The van der Waals surface area contributed by atoms with E-state index in [1.165, 1.54) is 48.5 Å². The Morgan fingerprint density at radius 1 is 0.378 bits per heavy atom. The Morgan fingerprint density at radius 2 is 0.662 bits per heavy atom. The molecule has 2 N–H and O–H groups in total. The van der Waals surface area contributed by atoms with Gasteiger partial charge in [0.1, 0.15) is 112 Å². The second-order valence-electron chi connectivity index (χ2n) is 35.4. The van der Waals surface area contributed by atoms with Gasteiger partial charge in [0.2, 0.25) is 17.6 Å². The maximum absolute atomic E-state index is 13.8. The number of aliphatic hydroxyl groups is 2. The number of benzene rings is 7. The molecule has 21 rings (SSSR count). The molecule has 0 aliphatic heterocycles. The van der Waals surface area contributed by atoms with Crippen LogP contribution in [0.5, 0.6) is 34.9 Å². The van der Waals surface area contributed by atoms with Gasteiger partial charge in [-0.25, -0.2) is 32.5 Å². The Kier molecular flexibility index (Phi) is 38.3. The highest BCUT2D eigenvalue weighted by molar-refractivity contribution is 9.10. The van der Waals surface area contributed by atoms with Gasteiger partial charge in [0.05, 0.1) is 110 Å². The molecule has 0 saturated heterocycles. The molecule has 7 heterocycles. The average molecular weight is 2330 g/mol. The molecular formula is C105H84BrCl12F4N7O19. The first kappa shape index (κ1) is 113. The molecule has 7 fully saturated rings. The number of methoxy groups -OCH3 is 3. The first-order chi connectivity index (χ1) is 70.9. The number of Topliss-reactive ketones (excluding diaryl/α,β-unsaturated/α-hetero) is 1. The highest BCUT2D eigenvalue weighted by atomic mass is 79.9. The molecule has 0 spiro atoms. The second-order valence-corrected chi connectivity index (χ2v) is 41.0. The molecule has 0 atom stereocenters. The number of rotatable bonds is 26. The molecule has 772 valence electrons. The van der Waals surface area contributed by atoms with E-state index < -0.39 is 34.5 Å². The third-order valence-electron chi connectivity index (χ3n) is 25.1. The van der Waals surface area contributed by atoms with Crippen LogP contribution >= 0.6 is 155 Å². The third kappa shape index (κ3) is 27.0. The fraction of sp³-hybridized carbons (Fsp3) is 0.305. The van der Waals surface area contributed by atoms with Crippen LogP contribution in [0.4, 0.5) is 17.6 Å². The van der Waals surface area contributed by atoms with Gasteiger partial charge in [0.15, 0.2) is 0 Å². The van der Waals surface area contributed by atoms with Crippen LogP contribution in [0, 0.1) is 37.1 Å². The van der Waals surface area contributed by atoms with Crippen molar-refractivity contribution >= 4 is 179 Å². The fourth-order valence-electron chi connectivity index (χ4n) is 17.4. The van der Waals surface area contributed by atoms with Crippen molar-refractivity contribution in [2.24, 2.45) is 0 Å². The van der Waals surface area contributed by atoms with Crippen LogP contribution in [0.2, 0.25) is 55.2 Å². The van der Waals surface area contributed by atoms with Crippen molar-refractivity contribution in [2.45, 2.75) is 182 Å². The number of hydrogen-bond acceptors (Lipinski definition) is 26. The minimum Gasteiger partial charge on any atom is -0.489 e. The molecular weight excluding hydrogens is 2240 g/mol. The Morgan fingerprint density at radius 3 is 0.953 bits per heavy atom. The van der Waals surface area contributed by atoms with Crippen LogP contribution < -0.4 is 28.4 Å². The Balaban J connectivity index is 0.000000149. The van der Waals surface area contributed by atoms with E-state index in [0.717, 1.165) is 106 Å². The highest BCUT2D eigenvalue weighted by Crippen LogP contribution is 2.58. The molecule has 0 radical (unpaired) electrons. The molecule has 0 amide bonds. The van der Waals surface area contributed by atoms with Gasteiger partial charge in [0, 0.05) is 121 Å². The summed E-state index contributed by atoms with van der Waals surface area (Å²) in [4.78, 5) is 72.5. The van der Waals surface area contributed by atoms with Crippen LogP contribution in [0.25, 0.3) is 45.0 Å². The molecule has 7 aromatic heterocycles. The lowest BCUT2D eigenvalue weighted by Crippen LogP contribution is -2.40. The molecule has 7 aromatic carbocycles. The Hall–Kier alpha value is -11.0. The van der Waals surface area contributed by atoms with Crippen LogP contribution in [-0.2, 0) is 70.5 Å². The molecule has 0 bridgehead atoms. The van der Waals surface area contributed by atoms with Gasteiger partial charge < -0.3 is 56.7 Å². The number of nitrogens with zero attached hydrogens (tertiary/aromatic N) is 7. The summed E-state index contributed by atoms with van der Waals surface area (Å²) in [5.74, 6) is 6.66. The summed E-state index contributed by atoms with van der Waals surface area (Å²) < 4.78 is 112. The summed E-state index contributed by atoms with van der Waals surface area (Å²) in [5, 5.41) is 42.0. The summed E-state index contributed by atoms with van der Waals surface area (Å²) in [7, 11) is 4.80. The van der Waals surface area contributed by atoms with Gasteiger partial charge in [-0.3, -0.25) is 4.79 Å². The van der Waals surface area contributed by atoms with E-state index >= 15 is 0 Å². The van der Waals surface area contributed by atoms with Crippen LogP contribution in [0.15, 0.2) is 169 Å². The van der Waals surface area contributed by atoms with Crippen molar-refractivity contribution in [3.8, 4) is 79.9 Å². The summed E-state index contributed by atoms with van der Waals surface area (Å²) in [6, 6.07) is 33.4. The maximum Gasteiger partial charge on any atom is 0.373 e. The Labute approximate surface area is 911 Å². The van der Waals surface area contributed by atoms with Gasteiger partial charge in [-0.1, -0.05) is 166 Å². The van der Waals surface area contributed by atoms with Crippen molar-refractivity contribution < 1.29 is 108 Å². The van der Waals surface area contributed by atoms with E-state index in [0.29, 0.717) is 191 Å². The van der Waals surface area contributed by atoms with Crippen molar-refractivity contribution in [3.63, 3.8) is 0 Å². The first-order valence-corrected chi connectivity index (χ1v) is 50.9. The van der Waals surface area contributed by atoms with Gasteiger partial charge in [0.25, 0.3) is 0 Å². The summed E-state index contributed by atoms with van der Waals surface area (Å²) >= 11 is 78.7. The molecule has 148 heavy (non-hydrogen) atoms. The predicted octanol–water partition coefficient (Wildman–Crippen LogP) is 29.6. The predicted molar refractivity (Wildman–Crippen MR) is 546 cm³/mol. The van der Waals surface area contributed by atoms with E-state index in [4.69, 9.17) is 214 Å². The Bertz CT molecular complexity index is 7210. The van der Waals surface area contributed by atoms with Gasteiger partial charge in [-0.15, -0.1) is 11.6 Å². The number of pyridine rings is 3. The van der Waals surface area contributed by atoms with Crippen molar-refractivity contribution in [1.29, 1.82) is 0 Å². The quantitative estimate of drug-likeness (QED) is 0.0375. The molecule has 7 aliphatic rings. The molecule has 7 saturated carbocycles. The molecule has 14 aromatic rings. The van der Waals surface area contributed by atoms with E-state index in [-0.39, 0.29) is 108 Å². The van der Waals surface area contributed by atoms with E-state index in [1.807, 2.05) is 32.0 Å². The first-order valence-electron chi connectivity index (χ1n) is 45.4. The number of alkyl halides is 1. The SMILES string of the molecule is COc1ncc(C)cc1C1CC(=O)C1.COc1ncc(C)cc1C1CC(O)(c2ccc(OCc3c(-c4c(Cl)cc(F)cc4Cl)noc3C3CC3)cc2Cl)C1.COc1ncccc1C1CC(O)(c2ccc(OCc3c(-c4c(Cl)cc(F)cc4Cl)noc3C3CC3)cc2Cl)C1.Fc1cc(Cl)c(-c2noc(C3CC3)c2CCl)c(Cl)c1.Fc1cc(Cl)c(-c2noc(C3CC3)c2COc2ccc(Br)c(Cl)c2)c(Cl)c1.O=C=O.O=C=O.O=C=O. The maximum atomic E-state index is 13.8. The third-order valence-corrected chi connectivity index (χ3v) is 29.6. The summed E-state index contributed by atoms with van der Waals surface area (Å²) in [6.45, 7) is 4.42. The van der Waals surface area contributed by atoms with Gasteiger partial charge in [-0.05, 0) is 239 Å².